The van der Waals surface area contributed by atoms with Crippen LogP contribution in [-0.4, -0.2) is 52.9 Å². The molecule has 1 aromatic heterocycles. The highest BCUT2D eigenvalue weighted by Crippen LogP contribution is 2.32. The van der Waals surface area contributed by atoms with Crippen LogP contribution in [0.5, 0.6) is 0 Å². The number of carbonyl (C=O) groups is 2. The van der Waals surface area contributed by atoms with Crippen LogP contribution in [-0.2, 0) is 17.9 Å². The maximum absolute atomic E-state index is 13.5. The van der Waals surface area contributed by atoms with E-state index in [4.69, 9.17) is 4.98 Å². The van der Waals surface area contributed by atoms with Crippen molar-refractivity contribution < 1.29 is 9.59 Å². The molecule has 0 saturated carbocycles. The Morgan fingerprint density at radius 1 is 1.12 bits per heavy atom. The van der Waals surface area contributed by atoms with Crippen molar-refractivity contribution in [3.05, 3.63) is 41.2 Å². The van der Waals surface area contributed by atoms with Gasteiger partial charge in [0.2, 0.25) is 5.91 Å². The molecule has 0 spiro atoms. The first-order valence-electron chi connectivity index (χ1n) is 11.4. The molecule has 174 valence electrons. The normalized spacial score (nSPS) is 15.8. The monoisotopic (exact) mass is 439 g/mol. The number of carbonyl (C=O) groups excluding carboxylic acids is 2. The molecule has 2 heterocycles. The Morgan fingerprint density at radius 3 is 2.44 bits per heavy atom. The molecule has 7 nitrogen and oxygen atoms in total. The topological polar surface area (TPSA) is 79.3 Å². The van der Waals surface area contributed by atoms with Gasteiger partial charge in [-0.05, 0) is 36.9 Å². The third-order valence-corrected chi connectivity index (χ3v) is 6.10. The molecular formula is C25H37N5O2. The summed E-state index contributed by atoms with van der Waals surface area (Å²) in [7, 11) is 3.65. The minimum absolute atomic E-state index is 0.210. The minimum atomic E-state index is -0.660. The SMILES string of the molecule is CNC(=O)[C@@H](NC(=O)c1nc(-c2ccccc2C(C)C)n2c1CN(C)CCC2)C(C)(C)C. The summed E-state index contributed by atoms with van der Waals surface area (Å²) in [5, 5.41) is 5.64. The Morgan fingerprint density at radius 2 is 1.81 bits per heavy atom. The van der Waals surface area contributed by atoms with Crippen molar-refractivity contribution in [1.82, 2.24) is 25.1 Å². The molecule has 1 atom stereocenters. The average Bonchev–Trinajstić information content (AvgIpc) is 2.96. The standard InChI is InChI=1S/C25H37N5O2/c1-16(2)17-11-8-9-12-18(17)22-27-20(19-15-29(7)13-10-14-30(19)22)23(31)28-21(24(32)26-6)25(3,4)5/h8-9,11-12,16,21H,10,13-15H2,1-7H3,(H,26,32)(H,28,31)/t21-/m1/s1. The van der Waals surface area contributed by atoms with Gasteiger partial charge in [0.05, 0.1) is 5.69 Å². The molecule has 2 aromatic rings. The second kappa shape index (κ2) is 9.45. The van der Waals surface area contributed by atoms with Gasteiger partial charge in [0.25, 0.3) is 5.91 Å². The molecule has 3 rings (SSSR count). The van der Waals surface area contributed by atoms with Crippen LogP contribution in [0.2, 0.25) is 0 Å². The summed E-state index contributed by atoms with van der Waals surface area (Å²) in [6, 6.07) is 7.62. The van der Waals surface area contributed by atoms with Crippen LogP contribution in [0.3, 0.4) is 0 Å². The van der Waals surface area contributed by atoms with E-state index in [1.807, 2.05) is 32.9 Å². The van der Waals surface area contributed by atoms with Crippen molar-refractivity contribution in [2.45, 2.75) is 66.1 Å². The molecule has 0 radical (unpaired) electrons. The van der Waals surface area contributed by atoms with E-state index in [2.05, 4.69) is 53.1 Å². The molecule has 0 unspecified atom stereocenters. The summed E-state index contributed by atoms with van der Waals surface area (Å²) < 4.78 is 2.20. The Labute approximate surface area is 191 Å². The van der Waals surface area contributed by atoms with Gasteiger partial charge in [-0.2, -0.15) is 0 Å². The number of hydrogen-bond donors (Lipinski definition) is 2. The van der Waals surface area contributed by atoms with E-state index in [-0.39, 0.29) is 11.8 Å². The summed E-state index contributed by atoms with van der Waals surface area (Å²) in [6.45, 7) is 12.6. The van der Waals surface area contributed by atoms with E-state index >= 15 is 0 Å². The quantitative estimate of drug-likeness (QED) is 0.748. The number of likely N-dealkylation sites (N-methyl/N-ethyl adjacent to an activating group) is 1. The van der Waals surface area contributed by atoms with E-state index in [0.717, 1.165) is 36.6 Å². The zero-order valence-corrected chi connectivity index (χ0v) is 20.5. The van der Waals surface area contributed by atoms with Gasteiger partial charge in [-0.3, -0.25) is 9.59 Å². The van der Waals surface area contributed by atoms with Crippen LogP contribution in [0.15, 0.2) is 24.3 Å². The van der Waals surface area contributed by atoms with Crippen molar-refractivity contribution in [1.29, 1.82) is 0 Å². The Balaban J connectivity index is 2.11. The Kier molecular flexibility index (Phi) is 7.08. The van der Waals surface area contributed by atoms with Crippen LogP contribution in [0.4, 0.5) is 0 Å². The summed E-state index contributed by atoms with van der Waals surface area (Å²) in [5.41, 5.74) is 3.15. The van der Waals surface area contributed by atoms with Gasteiger partial charge >= 0.3 is 0 Å². The molecule has 1 aromatic carbocycles. The summed E-state index contributed by atoms with van der Waals surface area (Å²) in [6.07, 6.45) is 0.987. The first-order valence-corrected chi connectivity index (χ1v) is 11.4. The van der Waals surface area contributed by atoms with E-state index in [0.29, 0.717) is 18.2 Å². The lowest BCUT2D eigenvalue weighted by atomic mass is 9.86. The van der Waals surface area contributed by atoms with Crippen molar-refractivity contribution >= 4 is 11.8 Å². The van der Waals surface area contributed by atoms with Crippen LogP contribution in [0.1, 0.15) is 68.7 Å². The molecule has 2 N–H and O–H groups in total. The van der Waals surface area contributed by atoms with Gasteiger partial charge in [0, 0.05) is 25.7 Å². The smallest absolute Gasteiger partial charge is 0.272 e. The molecule has 7 heteroatoms. The number of hydrogen-bond acceptors (Lipinski definition) is 4. The number of fused-ring (bicyclic) bond motifs is 1. The molecule has 1 aliphatic heterocycles. The number of imidazole rings is 1. The maximum atomic E-state index is 13.5. The molecule has 32 heavy (non-hydrogen) atoms. The lowest BCUT2D eigenvalue weighted by molar-refractivity contribution is -0.124. The van der Waals surface area contributed by atoms with Crippen molar-refractivity contribution in [3.63, 3.8) is 0 Å². The number of nitrogens with one attached hydrogen (secondary N) is 2. The molecule has 0 fully saturated rings. The van der Waals surface area contributed by atoms with Crippen LogP contribution in [0.25, 0.3) is 11.4 Å². The first-order chi connectivity index (χ1) is 15.0. The summed E-state index contributed by atoms with van der Waals surface area (Å²) >= 11 is 0. The van der Waals surface area contributed by atoms with Gasteiger partial charge in [-0.1, -0.05) is 58.9 Å². The molecule has 1 aliphatic rings. The highest BCUT2D eigenvalue weighted by Gasteiger charge is 2.34. The van der Waals surface area contributed by atoms with Crippen LogP contribution < -0.4 is 10.6 Å². The number of benzene rings is 1. The van der Waals surface area contributed by atoms with E-state index in [1.165, 1.54) is 5.56 Å². The molecule has 0 aliphatic carbocycles. The van der Waals surface area contributed by atoms with Crippen molar-refractivity contribution in [2.24, 2.45) is 5.41 Å². The fourth-order valence-electron chi connectivity index (χ4n) is 4.33. The van der Waals surface area contributed by atoms with E-state index in [9.17, 15) is 9.59 Å². The predicted octanol–water partition coefficient (Wildman–Crippen LogP) is 3.40. The summed E-state index contributed by atoms with van der Waals surface area (Å²) in [4.78, 5) is 33.1. The third kappa shape index (κ3) is 4.88. The maximum Gasteiger partial charge on any atom is 0.272 e. The first kappa shape index (κ1) is 24.0. The zero-order chi connectivity index (χ0) is 23.6. The van der Waals surface area contributed by atoms with Gasteiger partial charge in [-0.25, -0.2) is 4.98 Å². The fourth-order valence-corrected chi connectivity index (χ4v) is 4.33. The highest BCUT2D eigenvalue weighted by atomic mass is 16.2. The van der Waals surface area contributed by atoms with Crippen molar-refractivity contribution in [3.8, 4) is 11.4 Å². The van der Waals surface area contributed by atoms with Crippen LogP contribution >= 0.6 is 0 Å². The number of rotatable bonds is 5. The van der Waals surface area contributed by atoms with Gasteiger partial charge in [-0.15, -0.1) is 0 Å². The Hall–Kier alpha value is -2.67. The van der Waals surface area contributed by atoms with E-state index < -0.39 is 11.5 Å². The molecular weight excluding hydrogens is 402 g/mol. The van der Waals surface area contributed by atoms with Crippen LogP contribution in [0, 0.1) is 5.41 Å². The third-order valence-electron chi connectivity index (χ3n) is 6.10. The largest absolute Gasteiger partial charge is 0.357 e. The fraction of sp³-hybridized carbons (Fsp3) is 0.560. The molecule has 2 amide bonds. The molecule has 0 bridgehead atoms. The van der Waals surface area contributed by atoms with Gasteiger partial charge < -0.3 is 20.1 Å². The number of nitrogens with zero attached hydrogens (tertiary/aromatic N) is 3. The second-order valence-electron chi connectivity index (χ2n) is 10.1. The molecule has 0 saturated heterocycles. The number of aromatic nitrogens is 2. The Bertz CT molecular complexity index is 987. The predicted molar refractivity (Wildman–Crippen MR) is 127 cm³/mol. The lowest BCUT2D eigenvalue weighted by Gasteiger charge is -2.29. The highest BCUT2D eigenvalue weighted by molar-refractivity contribution is 5.98. The number of amides is 2. The van der Waals surface area contributed by atoms with Gasteiger partial charge in [0.15, 0.2) is 5.69 Å². The van der Waals surface area contributed by atoms with E-state index in [1.54, 1.807) is 7.05 Å². The van der Waals surface area contributed by atoms with Gasteiger partial charge in [0.1, 0.15) is 11.9 Å². The summed E-state index contributed by atoms with van der Waals surface area (Å²) in [5.74, 6) is 0.653. The zero-order valence-electron chi connectivity index (χ0n) is 20.5. The lowest BCUT2D eigenvalue weighted by Crippen LogP contribution is -2.53. The van der Waals surface area contributed by atoms with Crippen molar-refractivity contribution in [2.75, 3.05) is 20.6 Å². The minimum Gasteiger partial charge on any atom is -0.357 e. The average molecular weight is 440 g/mol. The second-order valence-corrected chi connectivity index (χ2v) is 10.1.